The number of nitriles is 1. The second-order valence-corrected chi connectivity index (χ2v) is 8.37. The summed E-state index contributed by atoms with van der Waals surface area (Å²) in [6, 6.07) is 10.5. The van der Waals surface area contributed by atoms with E-state index in [1.54, 1.807) is 0 Å². The summed E-state index contributed by atoms with van der Waals surface area (Å²) in [5.41, 5.74) is 6.43. The number of rotatable bonds is 12. The monoisotopic (exact) mass is 420 g/mol. The fourth-order valence-electron chi connectivity index (χ4n) is 4.18. The Kier molecular flexibility index (Phi) is 11.1. The van der Waals surface area contributed by atoms with Gasteiger partial charge in [0.1, 0.15) is 6.73 Å². The molecule has 3 nitrogen and oxygen atoms in total. The third kappa shape index (κ3) is 6.71. The molecule has 0 spiro atoms. The molecule has 0 aliphatic rings. The largest absolute Gasteiger partial charge is 0.376 e. The van der Waals surface area contributed by atoms with Crippen LogP contribution in [0.2, 0.25) is 0 Å². The first-order valence-electron chi connectivity index (χ1n) is 11.4. The lowest BCUT2D eigenvalue weighted by molar-refractivity contribution is 0.129. The Morgan fingerprint density at radius 1 is 1.23 bits per heavy atom. The van der Waals surface area contributed by atoms with Crippen LogP contribution in [0, 0.1) is 16.7 Å². The van der Waals surface area contributed by atoms with E-state index >= 15 is 0 Å². The summed E-state index contributed by atoms with van der Waals surface area (Å²) in [6.07, 6.45) is 10.7. The fourth-order valence-corrected chi connectivity index (χ4v) is 4.18. The molecular weight excluding hydrogens is 380 g/mol. The highest BCUT2D eigenvalue weighted by atomic mass is 16.3. The van der Waals surface area contributed by atoms with Gasteiger partial charge in [0.15, 0.2) is 0 Å². The van der Waals surface area contributed by atoms with Crippen molar-refractivity contribution in [2.75, 3.05) is 13.8 Å². The third-order valence-electron chi connectivity index (χ3n) is 6.01. The van der Waals surface area contributed by atoms with E-state index in [2.05, 4.69) is 71.6 Å². The van der Waals surface area contributed by atoms with Gasteiger partial charge in [0.25, 0.3) is 0 Å². The first kappa shape index (κ1) is 26.5. The Hall–Kier alpha value is -2.57. The Bertz CT molecular complexity index is 852. The number of allylic oxidation sites excluding steroid dienone is 7. The molecule has 31 heavy (non-hydrogen) atoms. The fraction of sp³-hybridized carbons (Fsp3) is 0.464. The number of nitrogens with zero attached hydrogens (tertiary/aromatic N) is 2. The van der Waals surface area contributed by atoms with E-state index in [4.69, 9.17) is 5.26 Å². The topological polar surface area (TPSA) is 47.3 Å². The molecule has 0 saturated heterocycles. The van der Waals surface area contributed by atoms with Crippen molar-refractivity contribution in [2.45, 2.75) is 66.7 Å². The summed E-state index contributed by atoms with van der Waals surface area (Å²) in [6.45, 7) is 15.1. The van der Waals surface area contributed by atoms with Crippen molar-refractivity contribution in [3.05, 3.63) is 77.0 Å². The second-order valence-electron chi connectivity index (χ2n) is 8.37. The minimum Gasteiger partial charge on any atom is -0.376 e. The maximum Gasteiger partial charge on any atom is 0.115 e. The van der Waals surface area contributed by atoms with Crippen molar-refractivity contribution >= 4 is 5.57 Å². The predicted molar refractivity (Wildman–Crippen MR) is 133 cm³/mol. The minimum absolute atomic E-state index is 0.0566. The molecule has 0 aliphatic heterocycles. The van der Waals surface area contributed by atoms with E-state index < -0.39 is 0 Å². The van der Waals surface area contributed by atoms with Crippen molar-refractivity contribution in [1.82, 2.24) is 4.90 Å². The van der Waals surface area contributed by atoms with E-state index in [-0.39, 0.29) is 12.1 Å². The second kappa shape index (κ2) is 13.0. The van der Waals surface area contributed by atoms with Crippen LogP contribution in [0.4, 0.5) is 0 Å². The summed E-state index contributed by atoms with van der Waals surface area (Å²) < 4.78 is 0. The SMILES string of the molecule is C=CC(/C(=C(\N(C)CO)C(C)(CC)CCC)c1ccc(CC#N)cc1)=C(C)\C=C/CC. The molecule has 1 atom stereocenters. The molecule has 1 unspecified atom stereocenters. The van der Waals surface area contributed by atoms with Gasteiger partial charge in [-0.2, -0.15) is 5.26 Å². The number of hydrogen-bond acceptors (Lipinski definition) is 3. The van der Waals surface area contributed by atoms with Crippen LogP contribution in [0.1, 0.15) is 71.4 Å². The van der Waals surface area contributed by atoms with Gasteiger partial charge in [-0.3, -0.25) is 0 Å². The quantitative estimate of drug-likeness (QED) is 0.292. The van der Waals surface area contributed by atoms with Crippen molar-refractivity contribution in [3.63, 3.8) is 0 Å². The molecule has 0 fully saturated rings. The van der Waals surface area contributed by atoms with E-state index in [9.17, 15) is 5.11 Å². The van der Waals surface area contributed by atoms with Crippen LogP contribution in [0.15, 0.2) is 65.9 Å². The van der Waals surface area contributed by atoms with E-state index in [1.807, 2.05) is 30.2 Å². The molecule has 3 heteroatoms. The van der Waals surface area contributed by atoms with Crippen molar-refractivity contribution in [3.8, 4) is 6.07 Å². The molecular formula is C28H40N2O. The molecule has 168 valence electrons. The average molecular weight is 421 g/mol. The van der Waals surface area contributed by atoms with Gasteiger partial charge in [-0.1, -0.05) is 83.2 Å². The van der Waals surface area contributed by atoms with E-state index in [0.717, 1.165) is 59.2 Å². The number of aliphatic hydroxyl groups is 1. The molecule has 0 aromatic heterocycles. The third-order valence-corrected chi connectivity index (χ3v) is 6.01. The lowest BCUT2D eigenvalue weighted by atomic mass is 9.74. The maximum absolute atomic E-state index is 10.2. The number of benzene rings is 1. The Labute approximate surface area is 190 Å². The molecule has 0 amide bonds. The van der Waals surface area contributed by atoms with Gasteiger partial charge in [0, 0.05) is 23.7 Å². The van der Waals surface area contributed by atoms with Gasteiger partial charge in [-0.05, 0) is 48.5 Å². The van der Waals surface area contributed by atoms with Crippen LogP contribution in [-0.2, 0) is 6.42 Å². The Morgan fingerprint density at radius 2 is 1.87 bits per heavy atom. The highest BCUT2D eigenvalue weighted by Gasteiger charge is 2.33. The van der Waals surface area contributed by atoms with Gasteiger partial charge in [-0.25, -0.2) is 0 Å². The van der Waals surface area contributed by atoms with Crippen LogP contribution in [0.5, 0.6) is 0 Å². The standard InChI is InChI=1S/C28H40N2O/c1-8-12-13-22(5)25(10-3)26(24-16-14-23(15-17-24)18-20-29)27(30(7)21-31)28(6,11-4)19-9-2/h10,12-17,31H,3,8-9,11,18-19,21H2,1-2,4-7H3/b13-12-,25-22+,27-26-. The van der Waals surface area contributed by atoms with Gasteiger partial charge in [0.2, 0.25) is 0 Å². The van der Waals surface area contributed by atoms with E-state index in [1.165, 1.54) is 0 Å². The van der Waals surface area contributed by atoms with Gasteiger partial charge < -0.3 is 10.0 Å². The molecule has 1 aromatic rings. The molecule has 0 aliphatic carbocycles. The normalized spacial score (nSPS) is 15.0. The predicted octanol–water partition coefficient (Wildman–Crippen LogP) is 7.03. The highest BCUT2D eigenvalue weighted by molar-refractivity contribution is 5.85. The Balaban J connectivity index is 4.05. The zero-order valence-corrected chi connectivity index (χ0v) is 20.3. The molecule has 0 bridgehead atoms. The summed E-state index contributed by atoms with van der Waals surface area (Å²) >= 11 is 0. The summed E-state index contributed by atoms with van der Waals surface area (Å²) in [5.74, 6) is 0. The van der Waals surface area contributed by atoms with Gasteiger partial charge in [0.05, 0.1) is 12.5 Å². The lowest BCUT2D eigenvalue weighted by Crippen LogP contribution is -2.33. The number of aliphatic hydroxyl groups excluding tert-OH is 1. The van der Waals surface area contributed by atoms with Crippen LogP contribution in [-0.4, -0.2) is 23.8 Å². The zero-order valence-electron chi connectivity index (χ0n) is 20.3. The highest BCUT2D eigenvalue weighted by Crippen LogP contribution is 2.44. The Morgan fingerprint density at radius 3 is 2.32 bits per heavy atom. The summed E-state index contributed by atoms with van der Waals surface area (Å²) in [4.78, 5) is 1.97. The first-order valence-corrected chi connectivity index (χ1v) is 11.4. The molecule has 1 aromatic carbocycles. The average Bonchev–Trinajstić information content (AvgIpc) is 2.78. The minimum atomic E-state index is -0.101. The molecule has 0 saturated carbocycles. The van der Waals surface area contributed by atoms with Crippen LogP contribution >= 0.6 is 0 Å². The first-order chi connectivity index (χ1) is 14.8. The summed E-state index contributed by atoms with van der Waals surface area (Å²) in [5, 5.41) is 19.2. The molecule has 1 rings (SSSR count). The molecule has 0 radical (unpaired) electrons. The van der Waals surface area contributed by atoms with Crippen LogP contribution < -0.4 is 0 Å². The van der Waals surface area contributed by atoms with Crippen LogP contribution in [0.3, 0.4) is 0 Å². The number of hydrogen-bond donors (Lipinski definition) is 1. The molecule has 0 heterocycles. The smallest absolute Gasteiger partial charge is 0.115 e. The summed E-state index contributed by atoms with van der Waals surface area (Å²) in [7, 11) is 1.96. The van der Waals surface area contributed by atoms with Crippen molar-refractivity contribution in [2.24, 2.45) is 5.41 Å². The van der Waals surface area contributed by atoms with Crippen molar-refractivity contribution < 1.29 is 5.11 Å². The zero-order chi connectivity index (χ0) is 23.4. The van der Waals surface area contributed by atoms with Gasteiger partial charge in [-0.15, -0.1) is 0 Å². The van der Waals surface area contributed by atoms with Crippen molar-refractivity contribution in [1.29, 1.82) is 5.26 Å². The van der Waals surface area contributed by atoms with Gasteiger partial charge >= 0.3 is 0 Å². The maximum atomic E-state index is 10.2. The lowest BCUT2D eigenvalue weighted by Gasteiger charge is -2.39. The van der Waals surface area contributed by atoms with Crippen LogP contribution in [0.25, 0.3) is 5.57 Å². The van der Waals surface area contributed by atoms with E-state index in [0.29, 0.717) is 6.42 Å². The molecule has 1 N–H and O–H groups in total.